The summed E-state index contributed by atoms with van der Waals surface area (Å²) >= 11 is 0. The van der Waals surface area contributed by atoms with E-state index in [4.69, 9.17) is 0 Å². The topological polar surface area (TPSA) is 15.3 Å². The monoisotopic (exact) mass is 178 g/mol. The van der Waals surface area contributed by atoms with Gasteiger partial charge in [-0.3, -0.25) is 0 Å². The molecule has 13 heavy (non-hydrogen) atoms. The molecule has 0 radical (unpaired) electrons. The van der Waals surface area contributed by atoms with E-state index in [1.165, 1.54) is 11.3 Å². The Balaban J connectivity index is 2.88. The van der Waals surface area contributed by atoms with Gasteiger partial charge in [-0.15, -0.1) is 0 Å². The maximum Gasteiger partial charge on any atom is 0.0340 e. The Morgan fingerprint density at radius 2 is 2.00 bits per heavy atom. The summed E-state index contributed by atoms with van der Waals surface area (Å²) < 4.78 is 0. The van der Waals surface area contributed by atoms with Crippen LogP contribution in [0.3, 0.4) is 0 Å². The van der Waals surface area contributed by atoms with Gasteiger partial charge in [-0.05, 0) is 38.7 Å². The van der Waals surface area contributed by atoms with Crippen LogP contribution in [0.4, 0.5) is 5.69 Å². The van der Waals surface area contributed by atoms with Crippen LogP contribution < -0.4 is 5.32 Å². The van der Waals surface area contributed by atoms with Crippen molar-refractivity contribution >= 4 is 5.69 Å². The molecule has 0 aliphatic carbocycles. The fraction of sp³-hybridized carbons (Fsp3) is 0.455. The van der Waals surface area contributed by atoms with Crippen molar-refractivity contribution in [3.8, 4) is 0 Å². The molecule has 1 rings (SSSR count). The lowest BCUT2D eigenvalue weighted by molar-refractivity contribution is 0.321. The summed E-state index contributed by atoms with van der Waals surface area (Å²) in [6, 6.07) is 8.97. The normalized spacial score (nSPS) is 13.0. The molecule has 0 aromatic heterocycles. The van der Waals surface area contributed by atoms with Crippen molar-refractivity contribution in [1.82, 2.24) is 4.90 Å². The van der Waals surface area contributed by atoms with Crippen molar-refractivity contribution in [2.24, 2.45) is 0 Å². The molecule has 72 valence electrons. The second-order valence-electron chi connectivity index (χ2n) is 3.52. The number of benzene rings is 1. The standard InChI is InChI=1S/C11H18N2/c1-9(13(3)4)10-6-5-7-11(8-10)12-2/h5-9,12H,1-4H3/t9-/m0/s1. The summed E-state index contributed by atoms with van der Waals surface area (Å²) in [5, 5.41) is 3.14. The zero-order valence-electron chi connectivity index (χ0n) is 8.83. The van der Waals surface area contributed by atoms with Crippen LogP contribution in [0.1, 0.15) is 18.5 Å². The molecule has 0 heterocycles. The third-order valence-corrected chi connectivity index (χ3v) is 2.43. The minimum Gasteiger partial charge on any atom is -0.388 e. The largest absolute Gasteiger partial charge is 0.388 e. The predicted octanol–water partition coefficient (Wildman–Crippen LogP) is 2.35. The number of anilines is 1. The van der Waals surface area contributed by atoms with Crippen molar-refractivity contribution in [2.75, 3.05) is 26.5 Å². The van der Waals surface area contributed by atoms with E-state index in [0.29, 0.717) is 6.04 Å². The number of nitrogens with zero attached hydrogens (tertiary/aromatic N) is 1. The number of hydrogen-bond acceptors (Lipinski definition) is 2. The van der Waals surface area contributed by atoms with Gasteiger partial charge in [0.1, 0.15) is 0 Å². The lowest BCUT2D eigenvalue weighted by Crippen LogP contribution is -2.16. The van der Waals surface area contributed by atoms with Crippen molar-refractivity contribution in [1.29, 1.82) is 0 Å². The highest BCUT2D eigenvalue weighted by molar-refractivity contribution is 5.45. The van der Waals surface area contributed by atoms with Crippen LogP contribution in [-0.2, 0) is 0 Å². The molecule has 0 saturated carbocycles. The van der Waals surface area contributed by atoms with Crippen molar-refractivity contribution in [3.63, 3.8) is 0 Å². The number of nitrogens with one attached hydrogen (secondary N) is 1. The molecule has 0 amide bonds. The Bertz CT molecular complexity index is 269. The minimum absolute atomic E-state index is 0.466. The van der Waals surface area contributed by atoms with E-state index in [0.717, 1.165) is 0 Å². The van der Waals surface area contributed by atoms with E-state index in [9.17, 15) is 0 Å². The molecule has 2 nitrogen and oxygen atoms in total. The molecule has 0 aliphatic rings. The lowest BCUT2D eigenvalue weighted by atomic mass is 10.1. The van der Waals surface area contributed by atoms with Crippen molar-refractivity contribution in [2.45, 2.75) is 13.0 Å². The molecule has 1 aromatic rings. The SMILES string of the molecule is CNc1cccc([C@H](C)N(C)C)c1. The average molecular weight is 178 g/mol. The first-order valence-corrected chi connectivity index (χ1v) is 4.59. The van der Waals surface area contributed by atoms with E-state index in [1.54, 1.807) is 0 Å². The summed E-state index contributed by atoms with van der Waals surface area (Å²) in [4.78, 5) is 2.20. The van der Waals surface area contributed by atoms with Gasteiger partial charge in [0.2, 0.25) is 0 Å². The molecule has 0 bridgehead atoms. The Labute approximate surface area is 80.6 Å². The zero-order valence-corrected chi connectivity index (χ0v) is 8.83. The highest BCUT2D eigenvalue weighted by Crippen LogP contribution is 2.20. The van der Waals surface area contributed by atoms with Gasteiger partial charge in [0.05, 0.1) is 0 Å². The molecule has 2 heteroatoms. The molecule has 0 unspecified atom stereocenters. The van der Waals surface area contributed by atoms with E-state index in [2.05, 4.69) is 55.5 Å². The Kier molecular flexibility index (Phi) is 3.32. The lowest BCUT2D eigenvalue weighted by Gasteiger charge is -2.20. The van der Waals surface area contributed by atoms with E-state index in [-0.39, 0.29) is 0 Å². The molecule has 1 atom stereocenters. The molecule has 1 aromatic carbocycles. The summed E-state index contributed by atoms with van der Waals surface area (Å²) in [6.45, 7) is 2.20. The quantitative estimate of drug-likeness (QED) is 0.764. The van der Waals surface area contributed by atoms with Crippen molar-refractivity contribution in [3.05, 3.63) is 29.8 Å². The summed E-state index contributed by atoms with van der Waals surface area (Å²) in [6.07, 6.45) is 0. The van der Waals surface area contributed by atoms with Crippen molar-refractivity contribution < 1.29 is 0 Å². The molecule has 0 spiro atoms. The van der Waals surface area contributed by atoms with Gasteiger partial charge in [0.15, 0.2) is 0 Å². The second-order valence-corrected chi connectivity index (χ2v) is 3.52. The van der Waals surface area contributed by atoms with E-state index < -0.39 is 0 Å². The third-order valence-electron chi connectivity index (χ3n) is 2.43. The highest BCUT2D eigenvalue weighted by Gasteiger charge is 2.06. The van der Waals surface area contributed by atoms with E-state index in [1.807, 2.05) is 7.05 Å². The van der Waals surface area contributed by atoms with Crippen LogP contribution in [0.25, 0.3) is 0 Å². The Morgan fingerprint density at radius 1 is 1.31 bits per heavy atom. The van der Waals surface area contributed by atoms with Gasteiger partial charge in [0, 0.05) is 18.8 Å². The predicted molar refractivity (Wildman–Crippen MR) is 58.1 cm³/mol. The summed E-state index contributed by atoms with van der Waals surface area (Å²) in [5.74, 6) is 0. The number of rotatable bonds is 3. The third kappa shape index (κ3) is 2.46. The van der Waals surface area contributed by atoms with Crippen LogP contribution in [-0.4, -0.2) is 26.0 Å². The maximum absolute atomic E-state index is 3.14. The second kappa shape index (κ2) is 4.28. The highest BCUT2D eigenvalue weighted by atomic mass is 15.1. The van der Waals surface area contributed by atoms with Gasteiger partial charge in [-0.1, -0.05) is 12.1 Å². The molecule has 0 aliphatic heterocycles. The van der Waals surface area contributed by atoms with Gasteiger partial charge >= 0.3 is 0 Å². The van der Waals surface area contributed by atoms with Crippen LogP contribution in [0.15, 0.2) is 24.3 Å². The van der Waals surface area contributed by atoms with Crippen LogP contribution in [0.2, 0.25) is 0 Å². The smallest absolute Gasteiger partial charge is 0.0340 e. The molecular formula is C11H18N2. The molecule has 0 saturated heterocycles. The van der Waals surface area contributed by atoms with Gasteiger partial charge in [-0.2, -0.15) is 0 Å². The zero-order chi connectivity index (χ0) is 9.84. The first-order valence-electron chi connectivity index (χ1n) is 4.59. The Hall–Kier alpha value is -1.02. The average Bonchev–Trinajstić information content (AvgIpc) is 2.16. The van der Waals surface area contributed by atoms with Gasteiger partial charge in [0.25, 0.3) is 0 Å². The number of hydrogen-bond donors (Lipinski definition) is 1. The Morgan fingerprint density at radius 3 is 2.54 bits per heavy atom. The molecular weight excluding hydrogens is 160 g/mol. The summed E-state index contributed by atoms with van der Waals surface area (Å²) in [5.41, 5.74) is 2.52. The first kappa shape index (κ1) is 10.1. The maximum atomic E-state index is 3.14. The molecule has 1 N–H and O–H groups in total. The van der Waals surface area contributed by atoms with Crippen LogP contribution in [0, 0.1) is 0 Å². The van der Waals surface area contributed by atoms with Gasteiger partial charge < -0.3 is 10.2 Å². The molecule has 0 fully saturated rings. The van der Waals surface area contributed by atoms with E-state index >= 15 is 0 Å². The van der Waals surface area contributed by atoms with Crippen LogP contribution in [0.5, 0.6) is 0 Å². The van der Waals surface area contributed by atoms with Crippen LogP contribution >= 0.6 is 0 Å². The fourth-order valence-electron chi connectivity index (χ4n) is 1.25. The minimum atomic E-state index is 0.466. The van der Waals surface area contributed by atoms with Gasteiger partial charge in [-0.25, -0.2) is 0 Å². The fourth-order valence-corrected chi connectivity index (χ4v) is 1.25. The first-order chi connectivity index (χ1) is 6.15. The summed E-state index contributed by atoms with van der Waals surface area (Å²) in [7, 11) is 6.13.